The van der Waals surface area contributed by atoms with Crippen molar-refractivity contribution in [3.05, 3.63) is 69.7 Å². The fraction of sp³-hybridized carbons (Fsp3) is 0.0667. The SMILES string of the molecule is Cc1ccc(C=Cc2ccc(Br)cc2)cc1. The fourth-order valence-corrected chi connectivity index (χ4v) is 1.71. The van der Waals surface area contributed by atoms with E-state index >= 15 is 0 Å². The van der Waals surface area contributed by atoms with E-state index in [0.29, 0.717) is 0 Å². The molecule has 0 atom stereocenters. The van der Waals surface area contributed by atoms with E-state index in [4.69, 9.17) is 0 Å². The van der Waals surface area contributed by atoms with Crippen molar-refractivity contribution in [3.63, 3.8) is 0 Å². The van der Waals surface area contributed by atoms with Gasteiger partial charge in [-0.15, -0.1) is 0 Å². The first-order valence-corrected chi connectivity index (χ1v) is 6.04. The second-order valence-corrected chi connectivity index (χ2v) is 4.71. The van der Waals surface area contributed by atoms with Crippen LogP contribution in [0.3, 0.4) is 0 Å². The van der Waals surface area contributed by atoms with Gasteiger partial charge in [-0.2, -0.15) is 0 Å². The third-order valence-electron chi connectivity index (χ3n) is 2.42. The lowest BCUT2D eigenvalue weighted by Gasteiger charge is -1.96. The highest BCUT2D eigenvalue weighted by Crippen LogP contribution is 2.13. The van der Waals surface area contributed by atoms with Crippen LogP contribution in [-0.4, -0.2) is 0 Å². The number of benzene rings is 2. The third-order valence-corrected chi connectivity index (χ3v) is 2.94. The Morgan fingerprint density at radius 1 is 0.750 bits per heavy atom. The highest BCUT2D eigenvalue weighted by molar-refractivity contribution is 9.10. The molecule has 80 valence electrons. The molecule has 0 fully saturated rings. The average Bonchev–Trinajstić information content (AvgIpc) is 2.30. The minimum absolute atomic E-state index is 1.11. The maximum Gasteiger partial charge on any atom is 0.0175 e. The smallest absolute Gasteiger partial charge is 0.0175 e. The number of aryl methyl sites for hydroxylation is 1. The third kappa shape index (κ3) is 3.07. The van der Waals surface area contributed by atoms with Crippen LogP contribution in [0.2, 0.25) is 0 Å². The maximum atomic E-state index is 3.43. The molecule has 0 heterocycles. The van der Waals surface area contributed by atoms with Gasteiger partial charge >= 0.3 is 0 Å². The molecule has 0 aliphatic heterocycles. The number of halogens is 1. The zero-order valence-corrected chi connectivity index (χ0v) is 10.7. The van der Waals surface area contributed by atoms with Crippen molar-refractivity contribution in [2.24, 2.45) is 0 Å². The zero-order chi connectivity index (χ0) is 11.4. The topological polar surface area (TPSA) is 0 Å². The summed E-state index contributed by atoms with van der Waals surface area (Å²) < 4.78 is 1.11. The Morgan fingerprint density at radius 2 is 1.19 bits per heavy atom. The number of hydrogen-bond acceptors (Lipinski definition) is 0. The Kier molecular flexibility index (Phi) is 3.58. The van der Waals surface area contributed by atoms with Gasteiger partial charge in [0.15, 0.2) is 0 Å². The van der Waals surface area contributed by atoms with E-state index in [9.17, 15) is 0 Å². The van der Waals surface area contributed by atoms with Crippen molar-refractivity contribution in [2.45, 2.75) is 6.92 Å². The Bertz CT molecular complexity index is 430. The predicted octanol–water partition coefficient (Wildman–Crippen LogP) is 4.93. The average molecular weight is 273 g/mol. The lowest BCUT2D eigenvalue weighted by molar-refractivity contribution is 1.46. The van der Waals surface area contributed by atoms with Crippen LogP contribution in [0.25, 0.3) is 12.2 Å². The molecule has 16 heavy (non-hydrogen) atoms. The van der Waals surface area contributed by atoms with Crippen LogP contribution in [0.1, 0.15) is 16.7 Å². The molecule has 0 aromatic heterocycles. The molecule has 0 spiro atoms. The number of hydrogen-bond donors (Lipinski definition) is 0. The molecule has 2 aromatic rings. The van der Waals surface area contributed by atoms with Crippen molar-refractivity contribution >= 4 is 28.1 Å². The van der Waals surface area contributed by atoms with Crippen LogP contribution in [0.15, 0.2) is 53.0 Å². The monoisotopic (exact) mass is 272 g/mol. The van der Waals surface area contributed by atoms with Gasteiger partial charge in [-0.1, -0.05) is 70.0 Å². The summed E-state index contributed by atoms with van der Waals surface area (Å²) in [6, 6.07) is 16.8. The molecule has 1 heteroatoms. The summed E-state index contributed by atoms with van der Waals surface area (Å²) in [7, 11) is 0. The summed E-state index contributed by atoms with van der Waals surface area (Å²) in [5.41, 5.74) is 3.73. The van der Waals surface area contributed by atoms with Crippen molar-refractivity contribution in [1.29, 1.82) is 0 Å². The van der Waals surface area contributed by atoms with Crippen molar-refractivity contribution < 1.29 is 0 Å². The molecule has 0 saturated heterocycles. The quantitative estimate of drug-likeness (QED) is 0.681. The molecule has 0 aliphatic carbocycles. The largest absolute Gasteiger partial charge is 0.0587 e. The molecule has 0 amide bonds. The van der Waals surface area contributed by atoms with E-state index in [1.165, 1.54) is 16.7 Å². The first-order valence-electron chi connectivity index (χ1n) is 5.24. The van der Waals surface area contributed by atoms with Crippen LogP contribution >= 0.6 is 15.9 Å². The van der Waals surface area contributed by atoms with Crippen LogP contribution in [0.4, 0.5) is 0 Å². The molecule has 0 aliphatic rings. The Hall–Kier alpha value is -1.34. The van der Waals surface area contributed by atoms with Crippen molar-refractivity contribution in [3.8, 4) is 0 Å². The molecule has 0 radical (unpaired) electrons. The minimum atomic E-state index is 1.11. The van der Waals surface area contributed by atoms with Gasteiger partial charge in [-0.3, -0.25) is 0 Å². The first-order chi connectivity index (χ1) is 7.74. The second-order valence-electron chi connectivity index (χ2n) is 3.80. The van der Waals surface area contributed by atoms with Crippen LogP contribution in [0.5, 0.6) is 0 Å². The molecule has 0 bridgehead atoms. The van der Waals surface area contributed by atoms with Gasteiger partial charge in [-0.05, 0) is 30.2 Å². The van der Waals surface area contributed by atoms with E-state index < -0.39 is 0 Å². The zero-order valence-electron chi connectivity index (χ0n) is 9.15. The van der Waals surface area contributed by atoms with Gasteiger partial charge in [0.1, 0.15) is 0 Å². The summed E-state index contributed by atoms with van der Waals surface area (Å²) in [6.45, 7) is 2.10. The van der Waals surface area contributed by atoms with Crippen molar-refractivity contribution in [1.82, 2.24) is 0 Å². The Balaban J connectivity index is 2.15. The molecule has 2 rings (SSSR count). The van der Waals surface area contributed by atoms with E-state index in [1.54, 1.807) is 0 Å². The van der Waals surface area contributed by atoms with Gasteiger partial charge in [0.25, 0.3) is 0 Å². The maximum absolute atomic E-state index is 3.43. The molecule has 0 nitrogen and oxygen atoms in total. The highest BCUT2D eigenvalue weighted by Gasteiger charge is 1.89. The van der Waals surface area contributed by atoms with Crippen molar-refractivity contribution in [2.75, 3.05) is 0 Å². The lowest BCUT2D eigenvalue weighted by Crippen LogP contribution is -1.74. The number of rotatable bonds is 2. The normalized spacial score (nSPS) is 10.9. The van der Waals surface area contributed by atoms with Crippen LogP contribution in [0, 0.1) is 6.92 Å². The highest BCUT2D eigenvalue weighted by atomic mass is 79.9. The van der Waals surface area contributed by atoms with Gasteiger partial charge in [0, 0.05) is 4.47 Å². The van der Waals surface area contributed by atoms with Gasteiger partial charge in [-0.25, -0.2) is 0 Å². The Morgan fingerprint density at radius 3 is 1.69 bits per heavy atom. The van der Waals surface area contributed by atoms with E-state index in [2.05, 4.69) is 83.5 Å². The van der Waals surface area contributed by atoms with E-state index in [1.807, 2.05) is 0 Å². The summed E-state index contributed by atoms with van der Waals surface area (Å²) in [4.78, 5) is 0. The summed E-state index contributed by atoms with van der Waals surface area (Å²) in [6.07, 6.45) is 4.25. The molecular formula is C15H13Br. The molecule has 2 aromatic carbocycles. The standard InChI is InChI=1S/C15H13Br/c1-12-2-4-13(5-3-12)6-7-14-8-10-15(16)11-9-14/h2-11H,1H3. The lowest BCUT2D eigenvalue weighted by atomic mass is 10.1. The van der Waals surface area contributed by atoms with E-state index in [-0.39, 0.29) is 0 Å². The van der Waals surface area contributed by atoms with Gasteiger partial charge in [0.2, 0.25) is 0 Å². The summed E-state index contributed by atoms with van der Waals surface area (Å²) in [5, 5.41) is 0. The Labute approximate surface area is 105 Å². The second kappa shape index (κ2) is 5.13. The van der Waals surface area contributed by atoms with Gasteiger partial charge in [0.05, 0.1) is 0 Å². The minimum Gasteiger partial charge on any atom is -0.0587 e. The first kappa shape index (κ1) is 11.2. The molecule has 0 N–H and O–H groups in total. The van der Waals surface area contributed by atoms with Crippen LogP contribution < -0.4 is 0 Å². The summed E-state index contributed by atoms with van der Waals surface area (Å²) >= 11 is 3.43. The summed E-state index contributed by atoms with van der Waals surface area (Å²) in [5.74, 6) is 0. The fourth-order valence-electron chi connectivity index (χ4n) is 1.44. The van der Waals surface area contributed by atoms with Gasteiger partial charge < -0.3 is 0 Å². The molecular weight excluding hydrogens is 260 g/mol. The molecule has 0 unspecified atom stereocenters. The van der Waals surface area contributed by atoms with Crippen LogP contribution in [-0.2, 0) is 0 Å². The van der Waals surface area contributed by atoms with E-state index in [0.717, 1.165) is 4.47 Å². The molecule has 0 saturated carbocycles. The predicted molar refractivity (Wildman–Crippen MR) is 74.2 cm³/mol.